The number of rotatable bonds is 5. The van der Waals surface area contributed by atoms with E-state index in [0.29, 0.717) is 22.7 Å². The fraction of sp³-hybridized carbons (Fsp3) is 0.389. The Hall–Kier alpha value is -2.52. The number of benzene rings is 1. The van der Waals surface area contributed by atoms with Gasteiger partial charge in [-0.3, -0.25) is 4.40 Å². The molecule has 28 heavy (non-hydrogen) atoms. The van der Waals surface area contributed by atoms with Crippen molar-refractivity contribution in [1.82, 2.24) is 24.5 Å². The van der Waals surface area contributed by atoms with Gasteiger partial charge < -0.3 is 15.0 Å². The molecule has 1 saturated heterocycles. The van der Waals surface area contributed by atoms with Gasteiger partial charge in [0, 0.05) is 23.2 Å². The van der Waals surface area contributed by atoms with Gasteiger partial charge in [0.2, 0.25) is 5.95 Å². The first-order valence-electron chi connectivity index (χ1n) is 8.90. The standard InChI is InChI=1S/C18H19ClF2N6O/c1-26-6-2-3-12(9-26)23-18-25-24-16(14-8-22-10-27(14)18)13-5-4-11(19)7-15(13)28-17(20)21/h4-5,7-8,10,12,17H,2-3,6,9H2,1H3,(H,23,25). The molecule has 1 atom stereocenters. The smallest absolute Gasteiger partial charge is 0.387 e. The van der Waals surface area contributed by atoms with Gasteiger partial charge in [-0.15, -0.1) is 10.2 Å². The molecule has 1 fully saturated rings. The normalized spacial score (nSPS) is 18.0. The van der Waals surface area contributed by atoms with E-state index in [9.17, 15) is 8.78 Å². The second-order valence-corrected chi connectivity index (χ2v) is 7.22. The summed E-state index contributed by atoms with van der Waals surface area (Å²) >= 11 is 5.94. The Labute approximate surface area is 165 Å². The van der Waals surface area contributed by atoms with Crippen LogP contribution < -0.4 is 10.1 Å². The van der Waals surface area contributed by atoms with Gasteiger partial charge in [-0.2, -0.15) is 8.78 Å². The molecular formula is C18H19ClF2N6O. The highest BCUT2D eigenvalue weighted by molar-refractivity contribution is 6.30. The molecule has 0 radical (unpaired) electrons. The van der Waals surface area contributed by atoms with Crippen LogP contribution in [0.2, 0.25) is 5.02 Å². The lowest BCUT2D eigenvalue weighted by molar-refractivity contribution is -0.0494. The number of likely N-dealkylation sites (N-methyl/N-ethyl adjacent to an activating group) is 1. The van der Waals surface area contributed by atoms with E-state index in [1.54, 1.807) is 29.1 Å². The van der Waals surface area contributed by atoms with Crippen LogP contribution in [0.5, 0.6) is 5.75 Å². The highest BCUT2D eigenvalue weighted by Crippen LogP contribution is 2.35. The first-order valence-corrected chi connectivity index (χ1v) is 9.27. The number of anilines is 1. The van der Waals surface area contributed by atoms with Crippen molar-refractivity contribution in [1.29, 1.82) is 0 Å². The lowest BCUT2D eigenvalue weighted by Gasteiger charge is -2.30. The average Bonchev–Trinajstić information content (AvgIpc) is 3.13. The van der Waals surface area contributed by atoms with Crippen LogP contribution in [0.3, 0.4) is 0 Å². The molecule has 10 heteroatoms. The van der Waals surface area contributed by atoms with Crippen LogP contribution in [0.25, 0.3) is 16.8 Å². The van der Waals surface area contributed by atoms with Gasteiger partial charge >= 0.3 is 6.61 Å². The lowest BCUT2D eigenvalue weighted by Crippen LogP contribution is -2.40. The van der Waals surface area contributed by atoms with Crippen LogP contribution in [0.4, 0.5) is 14.7 Å². The predicted molar refractivity (Wildman–Crippen MR) is 102 cm³/mol. The number of halogens is 3. The van der Waals surface area contributed by atoms with Crippen molar-refractivity contribution in [3.63, 3.8) is 0 Å². The second kappa shape index (κ2) is 7.84. The topological polar surface area (TPSA) is 67.6 Å². The van der Waals surface area contributed by atoms with Crippen LogP contribution in [0.1, 0.15) is 12.8 Å². The largest absolute Gasteiger partial charge is 0.434 e. The van der Waals surface area contributed by atoms with Gasteiger partial charge in [0.1, 0.15) is 17.8 Å². The van der Waals surface area contributed by atoms with E-state index in [2.05, 4.69) is 37.2 Å². The van der Waals surface area contributed by atoms with E-state index in [0.717, 1.165) is 25.9 Å². The van der Waals surface area contributed by atoms with Gasteiger partial charge in [0.25, 0.3) is 0 Å². The van der Waals surface area contributed by atoms with Crippen molar-refractivity contribution >= 4 is 23.1 Å². The van der Waals surface area contributed by atoms with E-state index < -0.39 is 6.61 Å². The predicted octanol–water partition coefficient (Wildman–Crippen LogP) is 3.55. The molecule has 2 aromatic heterocycles. The first kappa shape index (κ1) is 18.8. The summed E-state index contributed by atoms with van der Waals surface area (Å²) in [6, 6.07) is 4.76. The molecular weight excluding hydrogens is 390 g/mol. The minimum Gasteiger partial charge on any atom is -0.434 e. The summed E-state index contributed by atoms with van der Waals surface area (Å²) in [5.41, 5.74) is 1.38. The van der Waals surface area contributed by atoms with Crippen LogP contribution in [0, 0.1) is 0 Å². The number of aromatic nitrogens is 4. The summed E-state index contributed by atoms with van der Waals surface area (Å²) in [7, 11) is 2.08. The molecule has 0 saturated carbocycles. The number of fused-ring (bicyclic) bond motifs is 1. The van der Waals surface area contributed by atoms with Crippen molar-refractivity contribution in [3.8, 4) is 17.0 Å². The maximum absolute atomic E-state index is 12.8. The van der Waals surface area contributed by atoms with E-state index >= 15 is 0 Å². The number of imidazole rings is 1. The van der Waals surface area contributed by atoms with Gasteiger partial charge in [-0.1, -0.05) is 11.6 Å². The zero-order chi connectivity index (χ0) is 19.7. The second-order valence-electron chi connectivity index (χ2n) is 6.79. The van der Waals surface area contributed by atoms with Gasteiger partial charge in [-0.05, 0) is 44.6 Å². The maximum atomic E-state index is 12.8. The molecule has 0 amide bonds. The fourth-order valence-corrected chi connectivity index (χ4v) is 3.64. The van der Waals surface area contributed by atoms with Crippen LogP contribution >= 0.6 is 11.6 Å². The molecule has 1 aliphatic rings. The zero-order valence-corrected chi connectivity index (χ0v) is 15.9. The number of likely N-dealkylation sites (tertiary alicyclic amines) is 1. The third kappa shape index (κ3) is 3.85. The summed E-state index contributed by atoms with van der Waals surface area (Å²) in [5, 5.41) is 12.3. The average molecular weight is 409 g/mol. The Morgan fingerprint density at radius 3 is 2.96 bits per heavy atom. The highest BCUT2D eigenvalue weighted by Gasteiger charge is 2.21. The Morgan fingerprint density at radius 2 is 2.18 bits per heavy atom. The van der Waals surface area contributed by atoms with Crippen molar-refractivity contribution in [2.24, 2.45) is 0 Å². The monoisotopic (exact) mass is 408 g/mol. The number of piperidine rings is 1. The molecule has 148 valence electrons. The van der Waals surface area contributed by atoms with Gasteiger partial charge in [-0.25, -0.2) is 4.98 Å². The van der Waals surface area contributed by atoms with Crippen molar-refractivity contribution in [2.45, 2.75) is 25.5 Å². The number of hydrogen-bond acceptors (Lipinski definition) is 6. The molecule has 1 N–H and O–H groups in total. The molecule has 1 aliphatic heterocycles. The number of hydrogen-bond donors (Lipinski definition) is 1. The van der Waals surface area contributed by atoms with Gasteiger partial charge in [0.15, 0.2) is 0 Å². The molecule has 3 heterocycles. The summed E-state index contributed by atoms with van der Waals surface area (Å²) in [6.07, 6.45) is 5.37. The molecule has 1 aromatic carbocycles. The van der Waals surface area contributed by atoms with Crippen molar-refractivity contribution in [3.05, 3.63) is 35.7 Å². The Balaban J connectivity index is 1.72. The van der Waals surface area contributed by atoms with E-state index in [1.807, 2.05) is 0 Å². The van der Waals surface area contributed by atoms with Crippen LogP contribution in [-0.2, 0) is 0 Å². The maximum Gasteiger partial charge on any atom is 0.387 e. The fourth-order valence-electron chi connectivity index (χ4n) is 3.48. The van der Waals surface area contributed by atoms with Crippen molar-refractivity contribution in [2.75, 3.05) is 25.5 Å². The third-order valence-corrected chi connectivity index (χ3v) is 4.96. The van der Waals surface area contributed by atoms with Gasteiger partial charge in [0.05, 0.1) is 11.7 Å². The minimum atomic E-state index is -2.98. The summed E-state index contributed by atoms with van der Waals surface area (Å²) in [4.78, 5) is 6.44. The molecule has 1 unspecified atom stereocenters. The van der Waals surface area contributed by atoms with Crippen LogP contribution in [-0.4, -0.2) is 57.3 Å². The molecule has 4 rings (SSSR count). The minimum absolute atomic E-state index is 0.0606. The third-order valence-electron chi connectivity index (χ3n) is 4.73. The summed E-state index contributed by atoms with van der Waals surface area (Å²) < 4.78 is 32.0. The molecule has 7 nitrogen and oxygen atoms in total. The number of nitrogens with zero attached hydrogens (tertiary/aromatic N) is 5. The van der Waals surface area contributed by atoms with Crippen molar-refractivity contribution < 1.29 is 13.5 Å². The SMILES string of the molecule is CN1CCCC(Nc2nnc(-c3ccc(Cl)cc3OC(F)F)c3cncn23)C1. The Bertz CT molecular complexity index is 982. The first-order chi connectivity index (χ1) is 13.5. The number of alkyl halides is 2. The van der Waals surface area contributed by atoms with E-state index in [4.69, 9.17) is 11.6 Å². The summed E-state index contributed by atoms with van der Waals surface area (Å²) in [6.45, 7) is -0.994. The molecule has 0 bridgehead atoms. The number of ether oxygens (including phenoxy) is 1. The molecule has 3 aromatic rings. The Kier molecular flexibility index (Phi) is 5.27. The van der Waals surface area contributed by atoms with E-state index in [-0.39, 0.29) is 16.8 Å². The molecule has 0 aliphatic carbocycles. The quantitative estimate of drug-likeness (QED) is 0.696. The summed E-state index contributed by atoms with van der Waals surface area (Å²) in [5.74, 6) is 0.497. The molecule has 0 spiro atoms. The highest BCUT2D eigenvalue weighted by atomic mass is 35.5. The zero-order valence-electron chi connectivity index (χ0n) is 15.1. The lowest BCUT2D eigenvalue weighted by atomic mass is 10.1. The van der Waals surface area contributed by atoms with E-state index in [1.165, 1.54) is 6.07 Å². The number of nitrogens with one attached hydrogen (secondary N) is 1. The Morgan fingerprint density at radius 1 is 1.32 bits per heavy atom. The van der Waals surface area contributed by atoms with Crippen LogP contribution in [0.15, 0.2) is 30.7 Å².